The van der Waals surface area contributed by atoms with E-state index in [1.165, 1.54) is 32.4 Å². The van der Waals surface area contributed by atoms with E-state index >= 15 is 0 Å². The SMILES string of the molecule is O=C(Nc1nc(CN2CCCCC2)cs1)C1CCCNC1. The zero-order valence-corrected chi connectivity index (χ0v) is 13.3. The lowest BCUT2D eigenvalue weighted by Gasteiger charge is -2.25. The largest absolute Gasteiger partial charge is 0.316 e. The van der Waals surface area contributed by atoms with E-state index in [1.807, 2.05) is 0 Å². The van der Waals surface area contributed by atoms with Crippen LogP contribution < -0.4 is 10.6 Å². The molecule has 3 heterocycles. The molecule has 0 radical (unpaired) electrons. The van der Waals surface area contributed by atoms with E-state index in [9.17, 15) is 4.79 Å². The summed E-state index contributed by atoms with van der Waals surface area (Å²) in [4.78, 5) is 19.2. The van der Waals surface area contributed by atoms with Crippen molar-refractivity contribution >= 4 is 22.4 Å². The third kappa shape index (κ3) is 4.25. The first kappa shape index (κ1) is 14.9. The van der Waals surface area contributed by atoms with Crippen LogP contribution >= 0.6 is 11.3 Å². The summed E-state index contributed by atoms with van der Waals surface area (Å²) in [6, 6.07) is 0. The van der Waals surface area contributed by atoms with Crippen molar-refractivity contribution < 1.29 is 4.79 Å². The highest BCUT2D eigenvalue weighted by Crippen LogP contribution is 2.20. The standard InChI is InChI=1S/C15H24N4OS/c20-14(12-5-4-6-16-9-12)18-15-17-13(11-21-15)10-19-7-2-1-3-8-19/h11-12,16H,1-10H2,(H,17,18,20). The maximum atomic E-state index is 12.2. The molecule has 2 N–H and O–H groups in total. The molecule has 1 aromatic rings. The maximum absolute atomic E-state index is 12.2. The molecule has 21 heavy (non-hydrogen) atoms. The zero-order valence-electron chi connectivity index (χ0n) is 12.4. The summed E-state index contributed by atoms with van der Waals surface area (Å²) in [5.74, 6) is 0.203. The number of hydrogen-bond acceptors (Lipinski definition) is 5. The maximum Gasteiger partial charge on any atom is 0.230 e. The topological polar surface area (TPSA) is 57.3 Å². The summed E-state index contributed by atoms with van der Waals surface area (Å²) in [6.07, 6.45) is 6.00. The number of carbonyl (C=O) groups excluding carboxylic acids is 1. The number of nitrogens with one attached hydrogen (secondary N) is 2. The molecular weight excluding hydrogens is 284 g/mol. The van der Waals surface area contributed by atoms with Gasteiger partial charge in [0.25, 0.3) is 0 Å². The fourth-order valence-electron chi connectivity index (χ4n) is 3.07. The number of rotatable bonds is 4. The summed E-state index contributed by atoms with van der Waals surface area (Å²) in [6.45, 7) is 5.08. The molecule has 0 aromatic carbocycles. The summed E-state index contributed by atoms with van der Waals surface area (Å²) in [7, 11) is 0. The molecule has 0 bridgehead atoms. The van der Waals surface area contributed by atoms with Crippen LogP contribution in [0.15, 0.2) is 5.38 Å². The number of aromatic nitrogens is 1. The number of nitrogens with zero attached hydrogens (tertiary/aromatic N) is 2. The van der Waals surface area contributed by atoms with Gasteiger partial charge in [0.15, 0.2) is 5.13 Å². The second kappa shape index (κ2) is 7.33. The van der Waals surface area contributed by atoms with Crippen molar-refractivity contribution in [2.45, 2.75) is 38.6 Å². The number of likely N-dealkylation sites (tertiary alicyclic amines) is 1. The molecule has 2 fully saturated rings. The van der Waals surface area contributed by atoms with Gasteiger partial charge in [-0.2, -0.15) is 0 Å². The van der Waals surface area contributed by atoms with Gasteiger partial charge >= 0.3 is 0 Å². The highest BCUT2D eigenvalue weighted by atomic mass is 32.1. The lowest BCUT2D eigenvalue weighted by Crippen LogP contribution is -2.37. The van der Waals surface area contributed by atoms with Crippen LogP contribution in [0.3, 0.4) is 0 Å². The predicted molar refractivity (Wildman–Crippen MR) is 85.5 cm³/mol. The highest BCUT2D eigenvalue weighted by Gasteiger charge is 2.21. The van der Waals surface area contributed by atoms with Crippen molar-refractivity contribution in [3.63, 3.8) is 0 Å². The van der Waals surface area contributed by atoms with Crippen molar-refractivity contribution in [1.29, 1.82) is 0 Å². The van der Waals surface area contributed by atoms with Crippen LogP contribution in [0.4, 0.5) is 5.13 Å². The molecular formula is C15H24N4OS. The molecule has 0 saturated carbocycles. The lowest BCUT2D eigenvalue weighted by atomic mass is 9.99. The van der Waals surface area contributed by atoms with Gasteiger partial charge in [0.1, 0.15) is 0 Å². The van der Waals surface area contributed by atoms with Crippen LogP contribution in [0.5, 0.6) is 0 Å². The predicted octanol–water partition coefficient (Wildman–Crippen LogP) is 2.07. The van der Waals surface area contributed by atoms with E-state index in [1.54, 1.807) is 11.3 Å². The number of carbonyl (C=O) groups is 1. The number of piperidine rings is 2. The quantitative estimate of drug-likeness (QED) is 0.894. The Balaban J connectivity index is 1.50. The molecule has 116 valence electrons. The van der Waals surface area contributed by atoms with Gasteiger partial charge in [-0.1, -0.05) is 6.42 Å². The van der Waals surface area contributed by atoms with Gasteiger partial charge in [0.05, 0.1) is 11.6 Å². The first-order chi connectivity index (χ1) is 10.3. The van der Waals surface area contributed by atoms with Gasteiger partial charge in [0.2, 0.25) is 5.91 Å². The normalized spacial score (nSPS) is 23.9. The number of amides is 1. The molecule has 0 spiro atoms. The Morgan fingerprint density at radius 2 is 2.24 bits per heavy atom. The Labute approximate surface area is 130 Å². The Morgan fingerprint density at radius 1 is 1.38 bits per heavy atom. The van der Waals surface area contributed by atoms with Crippen LogP contribution in [0, 0.1) is 5.92 Å². The Bertz CT molecular complexity index is 464. The monoisotopic (exact) mass is 308 g/mol. The van der Waals surface area contributed by atoms with Crippen LogP contribution in [0.25, 0.3) is 0 Å². The molecule has 6 heteroatoms. The Morgan fingerprint density at radius 3 is 3.00 bits per heavy atom. The Hall–Kier alpha value is -0.980. The van der Waals surface area contributed by atoms with E-state index < -0.39 is 0 Å². The van der Waals surface area contributed by atoms with Crippen molar-refractivity contribution in [3.8, 4) is 0 Å². The molecule has 1 aromatic heterocycles. The van der Waals surface area contributed by atoms with Gasteiger partial charge in [-0.3, -0.25) is 9.69 Å². The average molecular weight is 308 g/mol. The molecule has 2 aliphatic rings. The summed E-state index contributed by atoms with van der Waals surface area (Å²) in [5.41, 5.74) is 1.08. The fourth-order valence-corrected chi connectivity index (χ4v) is 3.77. The smallest absolute Gasteiger partial charge is 0.230 e. The highest BCUT2D eigenvalue weighted by molar-refractivity contribution is 7.13. The van der Waals surface area contributed by atoms with Crippen LogP contribution in [-0.2, 0) is 11.3 Å². The number of thiazole rings is 1. The first-order valence-corrected chi connectivity index (χ1v) is 8.87. The summed E-state index contributed by atoms with van der Waals surface area (Å²) < 4.78 is 0. The number of anilines is 1. The molecule has 2 aliphatic heterocycles. The van der Waals surface area contributed by atoms with Crippen LogP contribution in [0.1, 0.15) is 37.8 Å². The van der Waals surface area contributed by atoms with Gasteiger partial charge in [-0.25, -0.2) is 4.98 Å². The van der Waals surface area contributed by atoms with E-state index in [0.717, 1.165) is 43.3 Å². The lowest BCUT2D eigenvalue weighted by molar-refractivity contribution is -0.120. The zero-order chi connectivity index (χ0) is 14.5. The van der Waals surface area contributed by atoms with Crippen LogP contribution in [0.2, 0.25) is 0 Å². The molecule has 2 saturated heterocycles. The van der Waals surface area contributed by atoms with Gasteiger partial charge in [-0.05, 0) is 45.3 Å². The molecule has 3 rings (SSSR count). The van der Waals surface area contributed by atoms with Gasteiger partial charge < -0.3 is 10.6 Å². The molecule has 1 unspecified atom stereocenters. The van der Waals surface area contributed by atoms with Crippen molar-refractivity contribution in [2.75, 3.05) is 31.5 Å². The average Bonchev–Trinajstić information content (AvgIpc) is 2.96. The van der Waals surface area contributed by atoms with E-state index in [2.05, 4.69) is 25.9 Å². The molecule has 1 amide bonds. The van der Waals surface area contributed by atoms with Gasteiger partial charge in [0, 0.05) is 18.5 Å². The molecule has 1 atom stereocenters. The summed E-state index contributed by atoms with van der Waals surface area (Å²) in [5, 5.41) is 9.08. The van der Waals surface area contributed by atoms with E-state index in [0.29, 0.717) is 0 Å². The fraction of sp³-hybridized carbons (Fsp3) is 0.733. The molecule has 0 aliphatic carbocycles. The van der Waals surface area contributed by atoms with Crippen LogP contribution in [-0.4, -0.2) is 42.0 Å². The van der Waals surface area contributed by atoms with Gasteiger partial charge in [-0.15, -0.1) is 11.3 Å². The number of hydrogen-bond donors (Lipinski definition) is 2. The third-order valence-electron chi connectivity index (χ3n) is 4.28. The second-order valence-corrected chi connectivity index (χ2v) is 6.87. The van der Waals surface area contributed by atoms with Crippen molar-refractivity contribution in [2.24, 2.45) is 5.92 Å². The Kier molecular flexibility index (Phi) is 5.22. The van der Waals surface area contributed by atoms with Crippen molar-refractivity contribution in [1.82, 2.24) is 15.2 Å². The minimum Gasteiger partial charge on any atom is -0.316 e. The molecule has 5 nitrogen and oxygen atoms in total. The minimum atomic E-state index is 0.0909. The third-order valence-corrected chi connectivity index (χ3v) is 5.09. The van der Waals surface area contributed by atoms with E-state index in [4.69, 9.17) is 0 Å². The van der Waals surface area contributed by atoms with Crippen molar-refractivity contribution in [3.05, 3.63) is 11.1 Å². The first-order valence-electron chi connectivity index (χ1n) is 7.99. The summed E-state index contributed by atoms with van der Waals surface area (Å²) >= 11 is 1.54. The second-order valence-electron chi connectivity index (χ2n) is 6.01. The van der Waals surface area contributed by atoms with E-state index in [-0.39, 0.29) is 11.8 Å². The minimum absolute atomic E-state index is 0.0909.